The van der Waals surface area contributed by atoms with Crippen LogP contribution in [0.4, 0.5) is 0 Å². The van der Waals surface area contributed by atoms with Crippen LogP contribution >= 0.6 is 23.2 Å². The van der Waals surface area contributed by atoms with Gasteiger partial charge in [0.05, 0.1) is 10.6 Å². The van der Waals surface area contributed by atoms with E-state index in [1.165, 1.54) is 6.07 Å². The molecule has 0 atom stereocenters. The zero-order valence-corrected chi connectivity index (χ0v) is 12.4. The molecule has 0 bridgehead atoms. The van der Waals surface area contributed by atoms with E-state index < -0.39 is 11.6 Å². The molecule has 110 valence electrons. The van der Waals surface area contributed by atoms with Crippen molar-refractivity contribution >= 4 is 29.2 Å². The molecule has 1 heterocycles. The van der Waals surface area contributed by atoms with Crippen molar-refractivity contribution in [1.29, 1.82) is 0 Å². The molecule has 2 rings (SSSR count). The minimum atomic E-state index is -0.982. The van der Waals surface area contributed by atoms with Gasteiger partial charge in [0.25, 0.3) is 0 Å². The summed E-state index contributed by atoms with van der Waals surface area (Å²) in [4.78, 5) is 12.5. The van der Waals surface area contributed by atoms with Crippen LogP contribution in [0.15, 0.2) is 12.1 Å². The number of likely N-dealkylation sites (tertiary alicyclic amines) is 1. The molecule has 1 aromatic rings. The van der Waals surface area contributed by atoms with Crippen LogP contribution in [-0.2, 0) is 16.1 Å². The summed E-state index contributed by atoms with van der Waals surface area (Å²) < 4.78 is 5.32. The summed E-state index contributed by atoms with van der Waals surface area (Å²) in [7, 11) is 0. The molecule has 2 N–H and O–H groups in total. The molecule has 0 radical (unpaired) electrons. The molecule has 7 heteroatoms. The van der Waals surface area contributed by atoms with Gasteiger partial charge in [0.15, 0.2) is 0 Å². The third-order valence-corrected chi connectivity index (χ3v) is 3.67. The minimum Gasteiger partial charge on any atom is -0.506 e. The average Bonchev–Trinajstić information content (AvgIpc) is 2.31. The summed E-state index contributed by atoms with van der Waals surface area (Å²) in [6.07, 6.45) is 0. The lowest BCUT2D eigenvalue weighted by atomic mass is 9.95. The number of phenolic OH excluding ortho intramolecular Hbond substituents is 1. The number of benzene rings is 1. The molecule has 0 spiro atoms. The van der Waals surface area contributed by atoms with Crippen molar-refractivity contribution in [2.24, 2.45) is 0 Å². The number of nitrogens with zero attached hydrogens (tertiary/aromatic N) is 1. The van der Waals surface area contributed by atoms with Crippen molar-refractivity contribution in [2.75, 3.05) is 19.7 Å². The van der Waals surface area contributed by atoms with E-state index in [0.717, 1.165) is 0 Å². The molecule has 1 fully saturated rings. The van der Waals surface area contributed by atoms with Gasteiger partial charge >= 0.3 is 5.97 Å². The summed E-state index contributed by atoms with van der Waals surface area (Å²) in [6.45, 7) is 3.21. The highest BCUT2D eigenvalue weighted by molar-refractivity contribution is 6.35. The van der Waals surface area contributed by atoms with E-state index in [0.29, 0.717) is 30.2 Å². The highest BCUT2D eigenvalue weighted by Gasteiger charge is 2.40. The van der Waals surface area contributed by atoms with Gasteiger partial charge in [-0.15, -0.1) is 0 Å². The SMILES string of the molecule is CC1(OCC(=O)O)CN(Cc2cc(Cl)cc(Cl)c2O)C1. The van der Waals surface area contributed by atoms with Crippen LogP contribution in [-0.4, -0.2) is 46.4 Å². The van der Waals surface area contributed by atoms with E-state index >= 15 is 0 Å². The quantitative estimate of drug-likeness (QED) is 0.872. The Morgan fingerprint density at radius 2 is 2.10 bits per heavy atom. The molecule has 1 aliphatic rings. The van der Waals surface area contributed by atoms with Crippen LogP contribution in [0, 0.1) is 0 Å². The van der Waals surface area contributed by atoms with Gasteiger partial charge in [0.2, 0.25) is 0 Å². The van der Waals surface area contributed by atoms with Gasteiger partial charge in [0, 0.05) is 30.2 Å². The smallest absolute Gasteiger partial charge is 0.329 e. The molecule has 1 aliphatic heterocycles. The van der Waals surface area contributed by atoms with Crippen molar-refractivity contribution in [1.82, 2.24) is 4.90 Å². The number of aliphatic carboxylic acids is 1. The van der Waals surface area contributed by atoms with Gasteiger partial charge in [0.1, 0.15) is 12.4 Å². The van der Waals surface area contributed by atoms with Gasteiger partial charge in [-0.2, -0.15) is 0 Å². The number of carboxylic acid groups (broad SMARTS) is 1. The number of aromatic hydroxyl groups is 1. The van der Waals surface area contributed by atoms with Crippen molar-refractivity contribution in [3.63, 3.8) is 0 Å². The number of rotatable bonds is 5. The van der Waals surface area contributed by atoms with E-state index in [-0.39, 0.29) is 17.4 Å². The van der Waals surface area contributed by atoms with Gasteiger partial charge in [-0.1, -0.05) is 23.2 Å². The molecule has 5 nitrogen and oxygen atoms in total. The van der Waals surface area contributed by atoms with Gasteiger partial charge < -0.3 is 14.9 Å². The summed E-state index contributed by atoms with van der Waals surface area (Å²) in [5.74, 6) is -0.958. The molecule has 0 saturated carbocycles. The topological polar surface area (TPSA) is 70.0 Å². The highest BCUT2D eigenvalue weighted by atomic mass is 35.5. The van der Waals surface area contributed by atoms with Crippen LogP contribution in [0.25, 0.3) is 0 Å². The Labute approximate surface area is 126 Å². The largest absolute Gasteiger partial charge is 0.506 e. The maximum absolute atomic E-state index is 10.5. The van der Waals surface area contributed by atoms with Crippen molar-refractivity contribution in [3.8, 4) is 5.75 Å². The van der Waals surface area contributed by atoms with E-state index in [1.54, 1.807) is 6.07 Å². The first-order valence-corrected chi connectivity index (χ1v) is 6.80. The number of carboxylic acids is 1. The standard InChI is InChI=1S/C13H15Cl2NO4/c1-13(20-5-11(17)18)6-16(7-13)4-8-2-9(14)3-10(15)12(8)19/h2-3,19H,4-7H2,1H3,(H,17,18). The first-order valence-electron chi connectivity index (χ1n) is 6.04. The molecule has 1 saturated heterocycles. The summed E-state index contributed by atoms with van der Waals surface area (Å²) in [5, 5.41) is 19.2. The second-order valence-electron chi connectivity index (χ2n) is 5.17. The van der Waals surface area contributed by atoms with Crippen LogP contribution in [0.3, 0.4) is 0 Å². The Morgan fingerprint density at radius 3 is 2.70 bits per heavy atom. The maximum atomic E-state index is 10.5. The predicted octanol–water partition coefficient (Wildman–Crippen LogP) is 2.37. The number of ether oxygens (including phenoxy) is 1. The Kier molecular flexibility index (Phi) is 4.44. The molecule has 0 unspecified atom stereocenters. The lowest BCUT2D eigenvalue weighted by Gasteiger charge is -2.47. The lowest BCUT2D eigenvalue weighted by molar-refractivity contribution is -0.165. The molecule has 0 aromatic heterocycles. The fourth-order valence-corrected chi connectivity index (χ4v) is 2.86. The summed E-state index contributed by atoms with van der Waals surface area (Å²) in [5.41, 5.74) is 0.180. The zero-order valence-electron chi connectivity index (χ0n) is 10.9. The van der Waals surface area contributed by atoms with Crippen LogP contribution in [0.2, 0.25) is 10.0 Å². The maximum Gasteiger partial charge on any atom is 0.329 e. The second-order valence-corrected chi connectivity index (χ2v) is 6.02. The summed E-state index contributed by atoms with van der Waals surface area (Å²) in [6, 6.07) is 3.15. The zero-order chi connectivity index (χ0) is 14.9. The fourth-order valence-electron chi connectivity index (χ4n) is 2.32. The van der Waals surface area contributed by atoms with Crippen LogP contribution in [0.5, 0.6) is 5.75 Å². The number of carbonyl (C=O) groups is 1. The first-order chi connectivity index (χ1) is 9.29. The van der Waals surface area contributed by atoms with E-state index in [2.05, 4.69) is 0 Å². The Hall–Kier alpha value is -1.01. The third kappa shape index (κ3) is 3.55. The monoisotopic (exact) mass is 319 g/mol. The third-order valence-electron chi connectivity index (χ3n) is 3.16. The van der Waals surface area contributed by atoms with Crippen molar-refractivity contribution < 1.29 is 19.7 Å². The number of hydrogen-bond donors (Lipinski definition) is 2. The number of halogens is 2. The Balaban J connectivity index is 1.93. The molecule has 20 heavy (non-hydrogen) atoms. The van der Waals surface area contributed by atoms with E-state index in [1.807, 2.05) is 11.8 Å². The molecular formula is C13H15Cl2NO4. The van der Waals surface area contributed by atoms with Crippen LogP contribution in [0.1, 0.15) is 12.5 Å². The van der Waals surface area contributed by atoms with Gasteiger partial charge in [-0.3, -0.25) is 4.90 Å². The highest BCUT2D eigenvalue weighted by Crippen LogP contribution is 2.34. The molecular weight excluding hydrogens is 305 g/mol. The number of phenols is 1. The first kappa shape index (κ1) is 15.4. The van der Waals surface area contributed by atoms with Crippen molar-refractivity contribution in [2.45, 2.75) is 19.1 Å². The number of hydrogen-bond acceptors (Lipinski definition) is 4. The fraction of sp³-hybridized carbons (Fsp3) is 0.462. The van der Waals surface area contributed by atoms with Gasteiger partial charge in [-0.05, 0) is 19.1 Å². The summed E-state index contributed by atoms with van der Waals surface area (Å²) >= 11 is 11.8. The molecule has 0 aliphatic carbocycles. The predicted molar refractivity (Wildman–Crippen MR) is 75.4 cm³/mol. The Bertz CT molecular complexity index is 529. The van der Waals surface area contributed by atoms with Gasteiger partial charge in [-0.25, -0.2) is 4.79 Å². The second kappa shape index (κ2) is 5.77. The van der Waals surface area contributed by atoms with E-state index in [9.17, 15) is 9.90 Å². The van der Waals surface area contributed by atoms with E-state index in [4.69, 9.17) is 33.0 Å². The van der Waals surface area contributed by atoms with Crippen LogP contribution < -0.4 is 0 Å². The Morgan fingerprint density at radius 1 is 1.45 bits per heavy atom. The molecule has 0 amide bonds. The normalized spacial score (nSPS) is 17.8. The molecule has 1 aromatic carbocycles. The van der Waals surface area contributed by atoms with Crippen molar-refractivity contribution in [3.05, 3.63) is 27.7 Å². The minimum absolute atomic E-state index is 0.0242. The average molecular weight is 320 g/mol. The lowest BCUT2D eigenvalue weighted by Crippen LogP contribution is -2.61.